The van der Waals surface area contributed by atoms with Gasteiger partial charge in [0, 0.05) is 13.1 Å². The van der Waals surface area contributed by atoms with E-state index in [1.807, 2.05) is 12.1 Å². The number of hydrogen-bond donors (Lipinski definition) is 2. The zero-order chi connectivity index (χ0) is 12.3. The van der Waals surface area contributed by atoms with E-state index >= 15 is 0 Å². The van der Waals surface area contributed by atoms with E-state index in [1.54, 1.807) is 0 Å². The molecule has 1 atom stereocenters. The SMILES string of the molecule is CCCC(C(=O)NN)N1Cc2ccccc2C1. The van der Waals surface area contributed by atoms with E-state index in [9.17, 15) is 4.79 Å². The molecule has 0 fully saturated rings. The highest BCUT2D eigenvalue weighted by atomic mass is 16.2. The van der Waals surface area contributed by atoms with Gasteiger partial charge in [0.1, 0.15) is 0 Å². The maximum atomic E-state index is 11.8. The van der Waals surface area contributed by atoms with Gasteiger partial charge in [-0.05, 0) is 17.5 Å². The topological polar surface area (TPSA) is 58.4 Å². The standard InChI is InChI=1S/C13H19N3O/c1-2-5-12(13(17)15-14)16-8-10-6-3-4-7-11(10)9-16/h3-4,6-7,12H,2,5,8-9,14H2,1H3,(H,15,17). The molecular weight excluding hydrogens is 214 g/mol. The Kier molecular flexibility index (Phi) is 3.76. The first-order valence-corrected chi connectivity index (χ1v) is 6.07. The first-order valence-electron chi connectivity index (χ1n) is 6.07. The lowest BCUT2D eigenvalue weighted by atomic mass is 10.1. The highest BCUT2D eigenvalue weighted by molar-refractivity contribution is 5.81. The highest BCUT2D eigenvalue weighted by Gasteiger charge is 2.29. The molecule has 2 rings (SSSR count). The Hall–Kier alpha value is -1.39. The van der Waals surface area contributed by atoms with Crippen LogP contribution in [0.25, 0.3) is 0 Å². The molecule has 0 radical (unpaired) electrons. The third-order valence-electron chi connectivity index (χ3n) is 3.31. The molecule has 17 heavy (non-hydrogen) atoms. The summed E-state index contributed by atoms with van der Waals surface area (Å²) >= 11 is 0. The van der Waals surface area contributed by atoms with E-state index in [2.05, 4.69) is 29.4 Å². The summed E-state index contributed by atoms with van der Waals surface area (Å²) in [4.78, 5) is 14.0. The minimum atomic E-state index is -0.114. The molecule has 1 aromatic rings. The largest absolute Gasteiger partial charge is 0.293 e. The Labute approximate surface area is 102 Å². The number of benzene rings is 1. The van der Waals surface area contributed by atoms with Gasteiger partial charge in [-0.2, -0.15) is 0 Å². The zero-order valence-corrected chi connectivity index (χ0v) is 10.1. The van der Waals surface area contributed by atoms with Crippen molar-refractivity contribution in [2.24, 2.45) is 5.84 Å². The van der Waals surface area contributed by atoms with Crippen LogP contribution in [0.15, 0.2) is 24.3 Å². The van der Waals surface area contributed by atoms with Crippen molar-refractivity contribution >= 4 is 5.91 Å². The van der Waals surface area contributed by atoms with E-state index in [0.717, 1.165) is 25.9 Å². The number of carbonyl (C=O) groups excluding carboxylic acids is 1. The Morgan fingerprint density at radius 1 is 1.41 bits per heavy atom. The predicted octanol–water partition coefficient (Wildman–Crippen LogP) is 1.16. The molecule has 1 heterocycles. The molecule has 0 aliphatic carbocycles. The molecule has 1 aliphatic rings. The van der Waals surface area contributed by atoms with E-state index in [4.69, 9.17) is 5.84 Å². The van der Waals surface area contributed by atoms with E-state index < -0.39 is 0 Å². The zero-order valence-electron chi connectivity index (χ0n) is 10.1. The van der Waals surface area contributed by atoms with Gasteiger partial charge in [0.15, 0.2) is 0 Å². The van der Waals surface area contributed by atoms with Crippen molar-refractivity contribution < 1.29 is 4.79 Å². The maximum absolute atomic E-state index is 11.8. The molecule has 1 amide bonds. The first-order chi connectivity index (χ1) is 8.26. The number of fused-ring (bicyclic) bond motifs is 1. The monoisotopic (exact) mass is 233 g/mol. The second-order valence-electron chi connectivity index (χ2n) is 4.49. The number of hydrogen-bond acceptors (Lipinski definition) is 3. The lowest BCUT2D eigenvalue weighted by molar-refractivity contribution is -0.127. The molecule has 0 aromatic heterocycles. The van der Waals surface area contributed by atoms with Crippen molar-refractivity contribution in [2.45, 2.75) is 38.9 Å². The molecule has 0 saturated heterocycles. The van der Waals surface area contributed by atoms with Crippen LogP contribution >= 0.6 is 0 Å². The lowest BCUT2D eigenvalue weighted by Crippen LogP contribution is -2.47. The molecule has 1 aromatic carbocycles. The number of hydrazine groups is 1. The average Bonchev–Trinajstić information content (AvgIpc) is 2.78. The lowest BCUT2D eigenvalue weighted by Gasteiger charge is -2.25. The summed E-state index contributed by atoms with van der Waals surface area (Å²) in [5.41, 5.74) is 4.91. The van der Waals surface area contributed by atoms with Gasteiger partial charge in [-0.1, -0.05) is 37.6 Å². The summed E-state index contributed by atoms with van der Waals surface area (Å²) in [7, 11) is 0. The van der Waals surface area contributed by atoms with Gasteiger partial charge >= 0.3 is 0 Å². The molecular formula is C13H19N3O. The van der Waals surface area contributed by atoms with Crippen LogP contribution in [-0.2, 0) is 17.9 Å². The summed E-state index contributed by atoms with van der Waals surface area (Å²) in [6, 6.07) is 8.22. The summed E-state index contributed by atoms with van der Waals surface area (Å²) in [6.45, 7) is 3.77. The highest BCUT2D eigenvalue weighted by Crippen LogP contribution is 2.25. The Bertz CT molecular complexity index is 380. The molecule has 3 N–H and O–H groups in total. The maximum Gasteiger partial charge on any atom is 0.251 e. The number of amides is 1. The van der Waals surface area contributed by atoms with Crippen LogP contribution in [0.5, 0.6) is 0 Å². The second-order valence-corrected chi connectivity index (χ2v) is 4.49. The fraction of sp³-hybridized carbons (Fsp3) is 0.462. The van der Waals surface area contributed by atoms with E-state index in [-0.39, 0.29) is 11.9 Å². The van der Waals surface area contributed by atoms with Gasteiger partial charge in [0.05, 0.1) is 6.04 Å². The van der Waals surface area contributed by atoms with E-state index in [0.29, 0.717) is 0 Å². The predicted molar refractivity (Wildman–Crippen MR) is 66.7 cm³/mol. The summed E-state index contributed by atoms with van der Waals surface area (Å²) in [6.07, 6.45) is 1.82. The van der Waals surface area contributed by atoms with Gasteiger partial charge < -0.3 is 0 Å². The van der Waals surface area contributed by atoms with Gasteiger partial charge in [0.25, 0.3) is 5.91 Å². The molecule has 92 valence electrons. The summed E-state index contributed by atoms with van der Waals surface area (Å²) in [5, 5.41) is 0. The number of rotatable bonds is 4. The Morgan fingerprint density at radius 3 is 2.47 bits per heavy atom. The van der Waals surface area contributed by atoms with Crippen LogP contribution in [0.1, 0.15) is 30.9 Å². The van der Waals surface area contributed by atoms with Gasteiger partial charge in [-0.15, -0.1) is 0 Å². The number of nitrogens with two attached hydrogens (primary N) is 1. The quantitative estimate of drug-likeness (QED) is 0.466. The number of nitrogens with one attached hydrogen (secondary N) is 1. The van der Waals surface area contributed by atoms with E-state index in [1.165, 1.54) is 11.1 Å². The Balaban J connectivity index is 2.11. The molecule has 4 heteroatoms. The van der Waals surface area contributed by atoms with Crippen molar-refractivity contribution in [1.29, 1.82) is 0 Å². The van der Waals surface area contributed by atoms with Crippen molar-refractivity contribution in [3.05, 3.63) is 35.4 Å². The van der Waals surface area contributed by atoms with Crippen molar-refractivity contribution in [1.82, 2.24) is 10.3 Å². The van der Waals surface area contributed by atoms with Crippen molar-refractivity contribution in [3.8, 4) is 0 Å². The second kappa shape index (κ2) is 5.29. The molecule has 1 unspecified atom stereocenters. The average molecular weight is 233 g/mol. The third kappa shape index (κ3) is 2.48. The molecule has 0 spiro atoms. The molecule has 1 aliphatic heterocycles. The van der Waals surface area contributed by atoms with Crippen LogP contribution in [0.3, 0.4) is 0 Å². The van der Waals surface area contributed by atoms with Gasteiger partial charge in [0.2, 0.25) is 0 Å². The van der Waals surface area contributed by atoms with Crippen LogP contribution in [0.2, 0.25) is 0 Å². The molecule has 4 nitrogen and oxygen atoms in total. The summed E-state index contributed by atoms with van der Waals surface area (Å²) in [5.74, 6) is 5.17. The van der Waals surface area contributed by atoms with Crippen LogP contribution in [0.4, 0.5) is 0 Å². The Morgan fingerprint density at radius 2 is 2.00 bits per heavy atom. The molecule has 0 bridgehead atoms. The van der Waals surface area contributed by atoms with Crippen LogP contribution in [-0.4, -0.2) is 16.8 Å². The fourth-order valence-corrected chi connectivity index (χ4v) is 2.43. The van der Waals surface area contributed by atoms with Gasteiger partial charge in [-0.3, -0.25) is 15.1 Å². The first kappa shape index (κ1) is 12.1. The summed E-state index contributed by atoms with van der Waals surface area (Å²) < 4.78 is 0. The van der Waals surface area contributed by atoms with Gasteiger partial charge in [-0.25, -0.2) is 5.84 Å². The minimum absolute atomic E-state index is 0.0837. The molecule has 0 saturated carbocycles. The number of carbonyl (C=O) groups is 1. The fourth-order valence-electron chi connectivity index (χ4n) is 2.43. The normalized spacial score (nSPS) is 16.6. The third-order valence-corrected chi connectivity index (χ3v) is 3.31. The smallest absolute Gasteiger partial charge is 0.251 e. The van der Waals surface area contributed by atoms with Crippen LogP contribution < -0.4 is 11.3 Å². The number of nitrogens with zero attached hydrogens (tertiary/aromatic N) is 1. The van der Waals surface area contributed by atoms with Crippen molar-refractivity contribution in [3.63, 3.8) is 0 Å². The minimum Gasteiger partial charge on any atom is -0.293 e. The van der Waals surface area contributed by atoms with Crippen LogP contribution in [0, 0.1) is 0 Å². The van der Waals surface area contributed by atoms with Crippen molar-refractivity contribution in [2.75, 3.05) is 0 Å².